The minimum Gasteiger partial charge on any atom is -0.461 e. The molecule has 1 aromatic carbocycles. The van der Waals surface area contributed by atoms with Gasteiger partial charge in [-0.2, -0.15) is 12.7 Å². The molecule has 3 N–H and O–H groups in total. The van der Waals surface area contributed by atoms with Crippen molar-refractivity contribution in [1.82, 2.24) is 24.6 Å². The predicted molar refractivity (Wildman–Crippen MR) is 120 cm³/mol. The van der Waals surface area contributed by atoms with Crippen LogP contribution in [-0.4, -0.2) is 54.2 Å². The molecule has 0 bridgehead atoms. The van der Waals surface area contributed by atoms with E-state index >= 15 is 0 Å². The molecule has 10 nitrogen and oxygen atoms in total. The normalized spacial score (nSPS) is 11.7. The Morgan fingerprint density at radius 2 is 1.94 bits per heavy atom. The number of carbonyl (C=O) groups excluding carboxylic acids is 1. The van der Waals surface area contributed by atoms with Gasteiger partial charge in [0.05, 0.1) is 17.3 Å². The number of imidazole rings is 1. The molecule has 0 saturated heterocycles. The third-order valence-electron chi connectivity index (χ3n) is 4.77. The number of fused-ring (bicyclic) bond motifs is 1. The number of carbonyl (C=O) groups is 1. The van der Waals surface area contributed by atoms with E-state index < -0.39 is 10.2 Å². The minimum atomic E-state index is -3.55. The number of pyridine rings is 1. The first-order chi connectivity index (χ1) is 15.3. The topological polar surface area (TPSA) is 133 Å². The van der Waals surface area contributed by atoms with E-state index in [2.05, 4.69) is 25.0 Å². The van der Waals surface area contributed by atoms with Crippen molar-refractivity contribution in [2.75, 3.05) is 25.4 Å². The number of hydrogen-bond acceptors (Lipinski definition) is 6. The summed E-state index contributed by atoms with van der Waals surface area (Å²) in [6.45, 7) is 0.407. The van der Waals surface area contributed by atoms with Gasteiger partial charge in [0, 0.05) is 32.5 Å². The SMILES string of the molecule is CN(C)S(=O)(=O)Nc1ccc(CCNC(=O)c2ccnc3nc(-c4ccco4)[nH]c23)cc1. The zero-order valence-corrected chi connectivity index (χ0v) is 18.3. The van der Waals surface area contributed by atoms with E-state index in [1.807, 2.05) is 12.1 Å². The first-order valence-corrected chi connectivity index (χ1v) is 11.2. The molecule has 0 unspecified atom stereocenters. The van der Waals surface area contributed by atoms with Crippen molar-refractivity contribution in [2.45, 2.75) is 6.42 Å². The Morgan fingerprint density at radius 3 is 2.62 bits per heavy atom. The number of amides is 1. The Hall–Kier alpha value is -3.70. The van der Waals surface area contributed by atoms with Gasteiger partial charge in [0.2, 0.25) is 0 Å². The van der Waals surface area contributed by atoms with Crippen LogP contribution >= 0.6 is 0 Å². The predicted octanol–water partition coefficient (Wildman–Crippen LogP) is 2.41. The van der Waals surface area contributed by atoms with Gasteiger partial charge in [0.25, 0.3) is 5.91 Å². The van der Waals surface area contributed by atoms with Crippen LogP contribution in [-0.2, 0) is 16.6 Å². The van der Waals surface area contributed by atoms with Gasteiger partial charge in [-0.25, -0.2) is 9.97 Å². The molecule has 3 heterocycles. The summed E-state index contributed by atoms with van der Waals surface area (Å²) in [5, 5.41) is 2.90. The highest BCUT2D eigenvalue weighted by atomic mass is 32.2. The smallest absolute Gasteiger partial charge is 0.301 e. The zero-order chi connectivity index (χ0) is 22.7. The molecule has 0 saturated carbocycles. The maximum absolute atomic E-state index is 12.7. The Labute approximate surface area is 184 Å². The summed E-state index contributed by atoms with van der Waals surface area (Å²) in [5.41, 5.74) is 2.83. The number of anilines is 1. The van der Waals surface area contributed by atoms with Crippen LogP contribution in [0.2, 0.25) is 0 Å². The van der Waals surface area contributed by atoms with Crippen molar-refractivity contribution in [1.29, 1.82) is 0 Å². The van der Waals surface area contributed by atoms with Gasteiger partial charge in [0.15, 0.2) is 17.2 Å². The average molecular weight is 455 g/mol. The second kappa shape index (κ2) is 8.81. The summed E-state index contributed by atoms with van der Waals surface area (Å²) in [5.74, 6) is 0.816. The van der Waals surface area contributed by atoms with Crippen molar-refractivity contribution < 1.29 is 17.6 Å². The summed E-state index contributed by atoms with van der Waals surface area (Å²) in [6, 6.07) is 12.2. The van der Waals surface area contributed by atoms with E-state index in [-0.39, 0.29) is 5.91 Å². The minimum absolute atomic E-state index is 0.248. The Balaban J connectivity index is 1.39. The Bertz CT molecular complexity index is 1330. The van der Waals surface area contributed by atoms with Crippen LogP contribution in [0.25, 0.3) is 22.7 Å². The monoisotopic (exact) mass is 454 g/mol. The maximum Gasteiger partial charge on any atom is 0.301 e. The quantitative estimate of drug-likeness (QED) is 0.374. The summed E-state index contributed by atoms with van der Waals surface area (Å²) in [4.78, 5) is 24.4. The molecular formula is C21H22N6O4S. The van der Waals surface area contributed by atoms with E-state index in [1.54, 1.807) is 36.6 Å². The Morgan fingerprint density at radius 1 is 1.16 bits per heavy atom. The number of aromatic nitrogens is 3. The van der Waals surface area contributed by atoms with Gasteiger partial charge < -0.3 is 14.7 Å². The van der Waals surface area contributed by atoms with Crippen LogP contribution < -0.4 is 10.0 Å². The number of furan rings is 1. The van der Waals surface area contributed by atoms with E-state index in [0.29, 0.717) is 47.0 Å². The maximum atomic E-state index is 12.7. The van der Waals surface area contributed by atoms with E-state index in [0.717, 1.165) is 9.87 Å². The van der Waals surface area contributed by atoms with Gasteiger partial charge in [-0.15, -0.1) is 0 Å². The Kier molecular flexibility index (Phi) is 5.93. The number of aromatic amines is 1. The van der Waals surface area contributed by atoms with Gasteiger partial charge >= 0.3 is 10.2 Å². The molecule has 0 aliphatic heterocycles. The lowest BCUT2D eigenvalue weighted by molar-refractivity contribution is 0.0955. The van der Waals surface area contributed by atoms with Gasteiger partial charge in [-0.3, -0.25) is 9.52 Å². The first kappa shape index (κ1) is 21.5. The molecule has 32 heavy (non-hydrogen) atoms. The summed E-state index contributed by atoms with van der Waals surface area (Å²) in [6.07, 6.45) is 3.67. The fraction of sp³-hybridized carbons (Fsp3) is 0.190. The van der Waals surface area contributed by atoms with Crippen LogP contribution in [0.3, 0.4) is 0 Å². The number of nitrogens with zero attached hydrogens (tertiary/aromatic N) is 3. The van der Waals surface area contributed by atoms with Crippen LogP contribution in [0.5, 0.6) is 0 Å². The molecule has 4 aromatic rings. The van der Waals surface area contributed by atoms with E-state index in [4.69, 9.17) is 4.42 Å². The van der Waals surface area contributed by atoms with Crippen molar-refractivity contribution in [2.24, 2.45) is 0 Å². The molecule has 0 aliphatic rings. The lowest BCUT2D eigenvalue weighted by Crippen LogP contribution is -2.28. The number of nitrogens with one attached hydrogen (secondary N) is 3. The van der Waals surface area contributed by atoms with Crippen LogP contribution in [0.15, 0.2) is 59.3 Å². The molecule has 0 atom stereocenters. The highest BCUT2D eigenvalue weighted by Gasteiger charge is 2.16. The molecule has 4 rings (SSSR count). The molecule has 0 aliphatic carbocycles. The van der Waals surface area contributed by atoms with Crippen LogP contribution in [0.4, 0.5) is 5.69 Å². The van der Waals surface area contributed by atoms with Crippen molar-refractivity contribution in [3.8, 4) is 11.6 Å². The second-order valence-corrected chi connectivity index (χ2v) is 9.10. The number of H-pyrrole nitrogens is 1. The van der Waals surface area contributed by atoms with Gasteiger partial charge in [-0.1, -0.05) is 12.1 Å². The van der Waals surface area contributed by atoms with Crippen LogP contribution in [0, 0.1) is 0 Å². The molecule has 1 amide bonds. The van der Waals surface area contributed by atoms with Crippen molar-refractivity contribution in [3.63, 3.8) is 0 Å². The van der Waals surface area contributed by atoms with Gasteiger partial charge in [-0.05, 0) is 42.3 Å². The lowest BCUT2D eigenvalue weighted by atomic mass is 10.1. The number of rotatable bonds is 8. The number of hydrogen-bond donors (Lipinski definition) is 3. The highest BCUT2D eigenvalue weighted by Crippen LogP contribution is 2.22. The molecule has 11 heteroatoms. The number of benzene rings is 1. The molecule has 0 spiro atoms. The molecule has 0 fully saturated rings. The molecular weight excluding hydrogens is 432 g/mol. The zero-order valence-electron chi connectivity index (χ0n) is 17.5. The fourth-order valence-electron chi connectivity index (χ4n) is 3.03. The summed E-state index contributed by atoms with van der Waals surface area (Å²) in [7, 11) is -0.636. The fourth-order valence-corrected chi connectivity index (χ4v) is 3.64. The van der Waals surface area contributed by atoms with Gasteiger partial charge in [0.1, 0.15) is 0 Å². The molecule has 3 aromatic heterocycles. The lowest BCUT2D eigenvalue weighted by Gasteiger charge is -2.13. The standard InChI is InChI=1S/C21H22N6O4S/c1-27(2)32(29,30)26-15-7-5-14(6-8-15)9-11-23-21(28)16-10-12-22-20-18(16)24-19(25-20)17-4-3-13-31-17/h3-8,10,12-13,26H,9,11H2,1-2H3,(H,23,28)(H,22,24,25). The average Bonchev–Trinajstić information content (AvgIpc) is 3.44. The van der Waals surface area contributed by atoms with Crippen molar-refractivity contribution >= 4 is 33.0 Å². The first-order valence-electron chi connectivity index (χ1n) is 9.79. The summed E-state index contributed by atoms with van der Waals surface area (Å²) >= 11 is 0. The largest absolute Gasteiger partial charge is 0.461 e. The third kappa shape index (κ3) is 4.63. The summed E-state index contributed by atoms with van der Waals surface area (Å²) < 4.78 is 32.7. The third-order valence-corrected chi connectivity index (χ3v) is 6.23. The van der Waals surface area contributed by atoms with E-state index in [9.17, 15) is 13.2 Å². The molecule has 0 radical (unpaired) electrons. The van der Waals surface area contributed by atoms with Crippen molar-refractivity contribution in [3.05, 3.63) is 66.1 Å². The highest BCUT2D eigenvalue weighted by molar-refractivity contribution is 7.90. The van der Waals surface area contributed by atoms with E-state index in [1.165, 1.54) is 20.3 Å². The van der Waals surface area contributed by atoms with Crippen LogP contribution in [0.1, 0.15) is 15.9 Å². The molecule has 166 valence electrons. The second-order valence-electron chi connectivity index (χ2n) is 7.21.